The van der Waals surface area contributed by atoms with E-state index in [0.717, 1.165) is 20.9 Å². The molecule has 2 heterocycles. The van der Waals surface area contributed by atoms with Crippen LogP contribution in [0.3, 0.4) is 0 Å². The van der Waals surface area contributed by atoms with Crippen LogP contribution in [0.5, 0.6) is 0 Å². The van der Waals surface area contributed by atoms with Gasteiger partial charge in [-0.15, -0.1) is 11.3 Å². The molecule has 0 radical (unpaired) electrons. The van der Waals surface area contributed by atoms with Gasteiger partial charge < -0.3 is 0 Å². The molecule has 13 heavy (non-hydrogen) atoms. The smallest absolute Gasteiger partial charge is 0.187 e. The van der Waals surface area contributed by atoms with Gasteiger partial charge in [-0.25, -0.2) is 9.97 Å². The van der Waals surface area contributed by atoms with Crippen LogP contribution in [0.2, 0.25) is 0 Å². The maximum absolute atomic E-state index is 4.42. The second kappa shape index (κ2) is 3.47. The first kappa shape index (κ1) is 8.72. The standard InChI is InChI=1S/C9H8N2S2/c1-3-6-5-13-7-4-10-9(12-2)11-8(6)7/h3-5H,1H2,2H3. The monoisotopic (exact) mass is 208 g/mol. The van der Waals surface area contributed by atoms with Crippen molar-refractivity contribution in [2.45, 2.75) is 5.16 Å². The summed E-state index contributed by atoms with van der Waals surface area (Å²) in [4.78, 5) is 8.62. The highest BCUT2D eigenvalue weighted by molar-refractivity contribution is 7.98. The average Bonchev–Trinajstić information content (AvgIpc) is 2.59. The molecule has 0 amide bonds. The van der Waals surface area contributed by atoms with E-state index >= 15 is 0 Å². The molecule has 0 saturated carbocycles. The van der Waals surface area contributed by atoms with E-state index in [0.29, 0.717) is 0 Å². The summed E-state index contributed by atoms with van der Waals surface area (Å²) in [6.45, 7) is 3.75. The number of rotatable bonds is 2. The normalized spacial score (nSPS) is 10.5. The number of hydrogen-bond donors (Lipinski definition) is 0. The lowest BCUT2D eigenvalue weighted by Crippen LogP contribution is -1.84. The van der Waals surface area contributed by atoms with Gasteiger partial charge in [0.25, 0.3) is 0 Å². The largest absolute Gasteiger partial charge is 0.230 e. The fourth-order valence-corrected chi connectivity index (χ4v) is 2.26. The molecular formula is C9H8N2S2. The van der Waals surface area contributed by atoms with Crippen molar-refractivity contribution in [1.29, 1.82) is 0 Å². The molecule has 0 fully saturated rings. The Morgan fingerprint density at radius 3 is 3.15 bits per heavy atom. The Labute approximate surface area is 84.7 Å². The van der Waals surface area contributed by atoms with Crippen LogP contribution in [-0.2, 0) is 0 Å². The van der Waals surface area contributed by atoms with E-state index < -0.39 is 0 Å². The minimum absolute atomic E-state index is 0.814. The highest BCUT2D eigenvalue weighted by Gasteiger charge is 2.04. The van der Waals surface area contributed by atoms with Gasteiger partial charge in [-0.2, -0.15) is 0 Å². The number of fused-ring (bicyclic) bond motifs is 1. The van der Waals surface area contributed by atoms with Crippen molar-refractivity contribution in [1.82, 2.24) is 9.97 Å². The molecule has 0 spiro atoms. The summed E-state index contributed by atoms with van der Waals surface area (Å²) in [7, 11) is 0. The van der Waals surface area contributed by atoms with Gasteiger partial charge in [-0.3, -0.25) is 0 Å². The molecule has 0 aliphatic heterocycles. The SMILES string of the molecule is C=Cc1csc2cnc(SC)nc12. The fraction of sp³-hybridized carbons (Fsp3) is 0.111. The molecule has 2 nitrogen and oxygen atoms in total. The molecule has 0 unspecified atom stereocenters. The third-order valence-corrected chi connectivity index (χ3v) is 3.21. The highest BCUT2D eigenvalue weighted by Crippen LogP contribution is 2.25. The first-order chi connectivity index (χ1) is 6.35. The zero-order chi connectivity index (χ0) is 9.26. The number of thiophene rings is 1. The maximum Gasteiger partial charge on any atom is 0.187 e. The molecule has 2 aromatic rings. The van der Waals surface area contributed by atoms with Crippen molar-refractivity contribution in [2.75, 3.05) is 6.26 Å². The number of aromatic nitrogens is 2. The first-order valence-electron chi connectivity index (χ1n) is 3.76. The predicted octanol–water partition coefficient (Wildman–Crippen LogP) is 3.06. The van der Waals surface area contributed by atoms with Crippen LogP contribution in [0.1, 0.15) is 5.56 Å². The first-order valence-corrected chi connectivity index (χ1v) is 5.86. The minimum atomic E-state index is 0.814. The number of thioether (sulfide) groups is 1. The minimum Gasteiger partial charge on any atom is -0.230 e. The Hall–Kier alpha value is -0.870. The van der Waals surface area contributed by atoms with E-state index in [9.17, 15) is 0 Å². The van der Waals surface area contributed by atoms with Crippen molar-refractivity contribution in [3.8, 4) is 0 Å². The van der Waals surface area contributed by atoms with Crippen molar-refractivity contribution >= 4 is 39.4 Å². The summed E-state index contributed by atoms with van der Waals surface area (Å²) in [5.74, 6) is 0. The van der Waals surface area contributed by atoms with Crippen LogP contribution in [0, 0.1) is 0 Å². The maximum atomic E-state index is 4.42. The Kier molecular flexibility index (Phi) is 2.33. The Bertz CT molecular complexity index is 448. The quantitative estimate of drug-likeness (QED) is 0.560. The van der Waals surface area contributed by atoms with Crippen LogP contribution in [0.15, 0.2) is 23.3 Å². The molecule has 0 aromatic carbocycles. The van der Waals surface area contributed by atoms with Gasteiger partial charge in [0, 0.05) is 17.1 Å². The summed E-state index contributed by atoms with van der Waals surface area (Å²) in [6.07, 6.45) is 5.67. The summed E-state index contributed by atoms with van der Waals surface area (Å²) in [5, 5.41) is 2.87. The van der Waals surface area contributed by atoms with Crippen LogP contribution >= 0.6 is 23.1 Å². The van der Waals surface area contributed by atoms with Gasteiger partial charge in [0.15, 0.2) is 5.16 Å². The van der Waals surface area contributed by atoms with E-state index in [1.807, 2.05) is 18.5 Å². The highest BCUT2D eigenvalue weighted by atomic mass is 32.2. The second-order valence-electron chi connectivity index (χ2n) is 2.46. The molecule has 0 atom stereocenters. The zero-order valence-electron chi connectivity index (χ0n) is 7.15. The molecule has 0 saturated heterocycles. The third kappa shape index (κ3) is 1.47. The van der Waals surface area contributed by atoms with Crippen molar-refractivity contribution < 1.29 is 0 Å². The Morgan fingerprint density at radius 2 is 2.46 bits per heavy atom. The summed E-state index contributed by atoms with van der Waals surface area (Å²) < 4.78 is 1.12. The zero-order valence-corrected chi connectivity index (χ0v) is 8.78. The predicted molar refractivity (Wildman–Crippen MR) is 59.3 cm³/mol. The lowest BCUT2D eigenvalue weighted by molar-refractivity contribution is 1.01. The van der Waals surface area contributed by atoms with Crippen LogP contribution in [0.25, 0.3) is 16.3 Å². The summed E-state index contributed by atoms with van der Waals surface area (Å²) in [5.41, 5.74) is 2.11. The van der Waals surface area contributed by atoms with E-state index in [1.54, 1.807) is 23.1 Å². The van der Waals surface area contributed by atoms with Gasteiger partial charge in [0.2, 0.25) is 0 Å². The van der Waals surface area contributed by atoms with E-state index in [2.05, 4.69) is 21.9 Å². The Balaban J connectivity index is 2.71. The van der Waals surface area contributed by atoms with Gasteiger partial charge in [-0.1, -0.05) is 24.4 Å². The van der Waals surface area contributed by atoms with Crippen molar-refractivity contribution in [2.24, 2.45) is 0 Å². The van der Waals surface area contributed by atoms with Crippen molar-refractivity contribution in [3.63, 3.8) is 0 Å². The van der Waals surface area contributed by atoms with Gasteiger partial charge >= 0.3 is 0 Å². The van der Waals surface area contributed by atoms with Crippen LogP contribution in [-0.4, -0.2) is 16.2 Å². The molecule has 4 heteroatoms. The lowest BCUT2D eigenvalue weighted by atomic mass is 10.3. The van der Waals surface area contributed by atoms with Crippen LogP contribution in [0.4, 0.5) is 0 Å². The molecule has 0 N–H and O–H groups in total. The molecule has 2 rings (SSSR count). The third-order valence-electron chi connectivity index (χ3n) is 1.72. The lowest BCUT2D eigenvalue weighted by Gasteiger charge is -1.94. The molecule has 66 valence electrons. The summed E-state index contributed by atoms with van der Waals surface area (Å²) >= 11 is 3.21. The molecule has 0 aliphatic carbocycles. The van der Waals surface area contributed by atoms with E-state index in [4.69, 9.17) is 0 Å². The van der Waals surface area contributed by atoms with Gasteiger partial charge in [-0.05, 0) is 6.26 Å². The molecular weight excluding hydrogens is 200 g/mol. The van der Waals surface area contributed by atoms with Crippen LogP contribution < -0.4 is 0 Å². The van der Waals surface area contributed by atoms with E-state index in [-0.39, 0.29) is 0 Å². The molecule has 0 aliphatic rings. The number of nitrogens with zero attached hydrogens (tertiary/aromatic N) is 2. The topological polar surface area (TPSA) is 25.8 Å². The fourth-order valence-electron chi connectivity index (χ4n) is 1.07. The summed E-state index contributed by atoms with van der Waals surface area (Å²) in [6, 6.07) is 0. The molecule has 0 bridgehead atoms. The molecule has 2 aromatic heterocycles. The number of hydrogen-bond acceptors (Lipinski definition) is 4. The average molecular weight is 208 g/mol. The van der Waals surface area contributed by atoms with E-state index in [1.165, 1.54) is 0 Å². The van der Waals surface area contributed by atoms with Crippen molar-refractivity contribution in [3.05, 3.63) is 23.7 Å². The second-order valence-corrected chi connectivity index (χ2v) is 4.15. The van der Waals surface area contributed by atoms with Gasteiger partial charge in [0.1, 0.15) is 0 Å². The Morgan fingerprint density at radius 1 is 1.62 bits per heavy atom. The van der Waals surface area contributed by atoms with Gasteiger partial charge in [0.05, 0.1) is 10.2 Å².